The van der Waals surface area contributed by atoms with Crippen LogP contribution in [-0.2, 0) is 23.9 Å². The number of alkyl carbamates (subject to hydrolysis) is 1. The monoisotopic (exact) mass is 656 g/mol. The fourth-order valence-electron chi connectivity index (χ4n) is 4.19. The second-order valence-corrected chi connectivity index (χ2v) is 12.6. The van der Waals surface area contributed by atoms with Crippen molar-refractivity contribution in [1.29, 1.82) is 0 Å². The Morgan fingerprint density at radius 1 is 0.913 bits per heavy atom. The lowest BCUT2D eigenvalue weighted by molar-refractivity contribution is -0.142. The molecular formula is C33H64N6O7. The molecule has 46 heavy (non-hydrogen) atoms. The van der Waals surface area contributed by atoms with Crippen molar-refractivity contribution >= 4 is 35.6 Å². The van der Waals surface area contributed by atoms with Crippen LogP contribution in [0, 0.1) is 17.3 Å². The maximum Gasteiger partial charge on any atom is 0.407 e. The highest BCUT2D eigenvalue weighted by atomic mass is 16.5. The van der Waals surface area contributed by atoms with Crippen LogP contribution in [0.5, 0.6) is 0 Å². The van der Waals surface area contributed by atoms with E-state index in [1.165, 1.54) is 30.6 Å². The number of likely N-dealkylation sites (tertiary alicyclic amines) is 1. The first-order chi connectivity index (χ1) is 21.5. The van der Waals surface area contributed by atoms with E-state index in [1.807, 2.05) is 27.7 Å². The van der Waals surface area contributed by atoms with Gasteiger partial charge in [-0.05, 0) is 37.0 Å². The normalized spacial score (nSPS) is 16.4. The Morgan fingerprint density at radius 3 is 1.89 bits per heavy atom. The number of amides is 6. The fourth-order valence-corrected chi connectivity index (χ4v) is 4.19. The summed E-state index contributed by atoms with van der Waals surface area (Å²) < 4.78 is 4.84. The summed E-state index contributed by atoms with van der Waals surface area (Å²) in [7, 11) is 0. The van der Waals surface area contributed by atoms with Gasteiger partial charge in [0.15, 0.2) is 0 Å². The van der Waals surface area contributed by atoms with Crippen LogP contribution in [0.15, 0.2) is 0 Å². The molecule has 0 aromatic carbocycles. The van der Waals surface area contributed by atoms with Gasteiger partial charge >= 0.3 is 12.1 Å². The largest absolute Gasteiger partial charge is 0.450 e. The summed E-state index contributed by atoms with van der Waals surface area (Å²) >= 11 is 0. The van der Waals surface area contributed by atoms with Crippen LogP contribution in [0.25, 0.3) is 0 Å². The van der Waals surface area contributed by atoms with E-state index in [-0.39, 0.29) is 19.1 Å². The van der Waals surface area contributed by atoms with Gasteiger partial charge in [0.05, 0.1) is 19.2 Å². The zero-order valence-electron chi connectivity index (χ0n) is 30.3. The molecule has 0 radical (unpaired) electrons. The Kier molecular flexibility index (Phi) is 23.2. The van der Waals surface area contributed by atoms with Crippen molar-refractivity contribution in [2.75, 3.05) is 26.2 Å². The van der Waals surface area contributed by atoms with Crippen LogP contribution >= 0.6 is 0 Å². The molecule has 0 aromatic heterocycles. The molecular weight excluding hydrogens is 592 g/mol. The number of ether oxygens (including phenoxy) is 1. The van der Waals surface area contributed by atoms with E-state index in [2.05, 4.69) is 42.0 Å². The molecule has 2 rings (SSSR count). The highest BCUT2D eigenvalue weighted by Crippen LogP contribution is 2.31. The third-order valence-electron chi connectivity index (χ3n) is 7.06. The quantitative estimate of drug-likeness (QED) is 0.197. The van der Waals surface area contributed by atoms with Gasteiger partial charge in [-0.15, -0.1) is 0 Å². The van der Waals surface area contributed by atoms with Crippen LogP contribution < -0.4 is 27.0 Å². The lowest BCUT2D eigenvalue weighted by Crippen LogP contribution is -2.60. The number of nitrogens with two attached hydrogens (primary N) is 1. The third-order valence-corrected chi connectivity index (χ3v) is 7.06. The second-order valence-electron chi connectivity index (χ2n) is 12.6. The average molecular weight is 657 g/mol. The van der Waals surface area contributed by atoms with E-state index in [4.69, 9.17) is 10.5 Å². The SMILES string of the molecule is CC.CCC.CCC1CC1.CCOC(=O)NCC(NC(=O)NC(C(=O)N1CCCC1C(=O)NCC(=O)C(N)=O)C(C)(C)C)C(C)C. The number of rotatable bonds is 12. The van der Waals surface area contributed by atoms with Gasteiger partial charge in [0.2, 0.25) is 17.6 Å². The van der Waals surface area contributed by atoms with Crippen LogP contribution in [0.3, 0.4) is 0 Å². The van der Waals surface area contributed by atoms with Crippen molar-refractivity contribution in [1.82, 2.24) is 26.2 Å². The summed E-state index contributed by atoms with van der Waals surface area (Å²) in [5.74, 6) is -2.01. The average Bonchev–Trinajstić information content (AvgIpc) is 3.71. The first-order valence-corrected chi connectivity index (χ1v) is 16.9. The van der Waals surface area contributed by atoms with E-state index in [0.29, 0.717) is 19.4 Å². The molecule has 6 amide bonds. The minimum atomic E-state index is -1.16. The van der Waals surface area contributed by atoms with Crippen molar-refractivity contribution in [3.8, 4) is 0 Å². The number of carbonyl (C=O) groups is 6. The van der Waals surface area contributed by atoms with E-state index in [9.17, 15) is 28.8 Å². The van der Waals surface area contributed by atoms with Gasteiger partial charge in [-0.3, -0.25) is 19.2 Å². The fraction of sp³-hybridized carbons (Fsp3) is 0.818. The summed E-state index contributed by atoms with van der Waals surface area (Å²) in [6.07, 6.45) is 6.03. The van der Waals surface area contributed by atoms with Crippen molar-refractivity contribution in [3.63, 3.8) is 0 Å². The second kappa shape index (κ2) is 23.9. The van der Waals surface area contributed by atoms with Crippen LogP contribution in [-0.4, -0.2) is 84.9 Å². The highest BCUT2D eigenvalue weighted by Gasteiger charge is 2.42. The zero-order valence-corrected chi connectivity index (χ0v) is 30.3. The number of primary amides is 1. The number of ketones is 1. The van der Waals surface area contributed by atoms with Crippen molar-refractivity contribution in [2.24, 2.45) is 23.0 Å². The summed E-state index contributed by atoms with van der Waals surface area (Å²) in [4.78, 5) is 74.3. The maximum atomic E-state index is 13.5. The molecule has 1 saturated carbocycles. The Balaban J connectivity index is 0. The molecule has 268 valence electrons. The zero-order chi connectivity index (χ0) is 36.0. The van der Waals surface area contributed by atoms with Gasteiger partial charge in [-0.25, -0.2) is 9.59 Å². The lowest BCUT2D eigenvalue weighted by atomic mass is 9.85. The van der Waals surface area contributed by atoms with Gasteiger partial charge in [-0.2, -0.15) is 0 Å². The van der Waals surface area contributed by atoms with E-state index < -0.39 is 65.7 Å². The van der Waals surface area contributed by atoms with Gasteiger partial charge in [-0.1, -0.05) is 94.9 Å². The molecule has 2 fully saturated rings. The molecule has 13 heteroatoms. The summed E-state index contributed by atoms with van der Waals surface area (Å²) in [6, 6.07) is -2.84. The van der Waals surface area contributed by atoms with E-state index in [1.54, 1.807) is 27.7 Å². The number of Topliss-reactive ketones (excluding diaryl/α,β-unsaturated/α-hetero) is 1. The molecule has 0 aromatic rings. The molecule has 13 nitrogen and oxygen atoms in total. The van der Waals surface area contributed by atoms with Gasteiger partial charge in [0.1, 0.15) is 12.1 Å². The maximum absolute atomic E-state index is 13.5. The van der Waals surface area contributed by atoms with E-state index in [0.717, 1.165) is 5.92 Å². The number of nitrogens with zero attached hydrogens (tertiary/aromatic N) is 1. The van der Waals surface area contributed by atoms with Crippen LogP contribution in [0.1, 0.15) is 115 Å². The van der Waals surface area contributed by atoms with Gasteiger partial charge in [0, 0.05) is 13.1 Å². The predicted octanol–water partition coefficient (Wildman–Crippen LogP) is 3.88. The molecule has 1 saturated heterocycles. The first-order valence-electron chi connectivity index (χ1n) is 16.9. The standard InChI is InChI=1S/C23H40N6O7.C5H10.C3H8.C2H6/c1-7-36-22(35)26-11-14(13(2)3)27-21(34)28-17(23(4,5)6)20(33)29-10-8-9-15(29)19(32)25-12-16(30)18(24)31;1-2-5-3-4-5;1-3-2;1-2/h13-15,17H,7-12H2,1-6H3,(H2,24,31)(H,25,32)(H,26,35)(H2,27,28,34);5H,2-4H2,1H3;3H2,1-2H3;1-2H3. The highest BCUT2D eigenvalue weighted by molar-refractivity contribution is 6.36. The van der Waals surface area contributed by atoms with Crippen LogP contribution in [0.2, 0.25) is 0 Å². The van der Waals surface area contributed by atoms with Crippen molar-refractivity contribution in [3.05, 3.63) is 0 Å². The van der Waals surface area contributed by atoms with Crippen molar-refractivity contribution in [2.45, 2.75) is 133 Å². The van der Waals surface area contributed by atoms with Crippen LogP contribution in [0.4, 0.5) is 9.59 Å². The Bertz CT molecular complexity index is 947. The minimum Gasteiger partial charge on any atom is -0.450 e. The van der Waals surface area contributed by atoms with E-state index >= 15 is 0 Å². The molecule has 1 aliphatic carbocycles. The molecule has 6 N–H and O–H groups in total. The Morgan fingerprint density at radius 2 is 1.48 bits per heavy atom. The summed E-state index contributed by atoms with van der Waals surface area (Å²) in [6.45, 7) is 21.4. The topological polar surface area (TPSA) is 189 Å². The Hall–Kier alpha value is -3.38. The minimum absolute atomic E-state index is 0.0313. The van der Waals surface area contributed by atoms with Crippen molar-refractivity contribution < 1.29 is 33.5 Å². The number of hydrogen-bond acceptors (Lipinski definition) is 7. The predicted molar refractivity (Wildman–Crippen MR) is 181 cm³/mol. The molecule has 2 aliphatic rings. The summed E-state index contributed by atoms with van der Waals surface area (Å²) in [5, 5.41) is 10.5. The molecule has 1 aliphatic heterocycles. The lowest BCUT2D eigenvalue weighted by Gasteiger charge is -2.36. The Labute approximate surface area is 277 Å². The first kappa shape index (κ1) is 44.7. The molecule has 0 bridgehead atoms. The molecule has 3 unspecified atom stereocenters. The number of hydrogen-bond donors (Lipinski definition) is 5. The number of urea groups is 1. The number of nitrogens with one attached hydrogen (secondary N) is 4. The number of carbonyl (C=O) groups excluding carboxylic acids is 6. The molecule has 0 spiro atoms. The molecule has 1 heterocycles. The summed E-state index contributed by atoms with van der Waals surface area (Å²) in [5.41, 5.74) is 4.21. The molecule has 3 atom stereocenters. The van der Waals surface area contributed by atoms with Gasteiger partial charge < -0.3 is 36.6 Å². The third kappa shape index (κ3) is 18.6. The van der Waals surface area contributed by atoms with Gasteiger partial charge in [0.25, 0.3) is 5.91 Å². The smallest absolute Gasteiger partial charge is 0.407 e.